The first-order valence-corrected chi connectivity index (χ1v) is 7.11. The average Bonchev–Trinajstić information content (AvgIpc) is 2.46. The van der Waals surface area contributed by atoms with Crippen LogP contribution in [0.15, 0.2) is 22.8 Å². The van der Waals surface area contributed by atoms with Crippen molar-refractivity contribution in [2.45, 2.75) is 25.0 Å². The summed E-state index contributed by atoms with van der Waals surface area (Å²) >= 11 is 3.36. The molecule has 5 nitrogen and oxygen atoms in total. The molecule has 104 valence electrons. The van der Waals surface area contributed by atoms with Crippen LogP contribution in [0.5, 0.6) is 0 Å². The molecule has 1 amide bonds. The van der Waals surface area contributed by atoms with Gasteiger partial charge < -0.3 is 15.4 Å². The van der Waals surface area contributed by atoms with Crippen molar-refractivity contribution in [2.75, 3.05) is 20.2 Å². The highest BCUT2D eigenvalue weighted by Crippen LogP contribution is 2.23. The van der Waals surface area contributed by atoms with E-state index in [1.54, 1.807) is 19.4 Å². The highest BCUT2D eigenvalue weighted by Gasteiger charge is 2.32. The molecule has 1 saturated heterocycles. The Morgan fingerprint density at radius 3 is 3.11 bits per heavy atom. The van der Waals surface area contributed by atoms with Gasteiger partial charge in [0.2, 0.25) is 0 Å². The number of hydrogen-bond donors (Lipinski definition) is 1. The van der Waals surface area contributed by atoms with Crippen molar-refractivity contribution in [2.24, 2.45) is 5.73 Å². The number of carbonyl (C=O) groups is 1. The molecular formula is C13H18BrN3O2. The molecule has 1 fully saturated rings. The zero-order chi connectivity index (χ0) is 13.8. The molecule has 1 aromatic rings. The molecule has 6 heteroatoms. The van der Waals surface area contributed by atoms with Crippen LogP contribution in [0.1, 0.15) is 23.3 Å². The number of halogens is 1. The number of ether oxygens (including phenoxy) is 1. The summed E-state index contributed by atoms with van der Waals surface area (Å²) in [6.07, 6.45) is 3.42. The lowest BCUT2D eigenvalue weighted by Gasteiger charge is -2.38. The zero-order valence-electron chi connectivity index (χ0n) is 10.9. The normalized spacial score (nSPS) is 23.4. The molecule has 0 aliphatic carbocycles. The second kappa shape index (κ2) is 6.45. The summed E-state index contributed by atoms with van der Waals surface area (Å²) in [5.74, 6) is -0.0718. The predicted octanol–water partition coefficient (Wildman–Crippen LogP) is 1.42. The first-order chi connectivity index (χ1) is 9.17. The van der Waals surface area contributed by atoms with Crippen molar-refractivity contribution in [3.05, 3.63) is 28.5 Å². The van der Waals surface area contributed by atoms with E-state index in [1.165, 1.54) is 0 Å². The lowest BCUT2D eigenvalue weighted by Crippen LogP contribution is -2.51. The monoisotopic (exact) mass is 327 g/mol. The largest absolute Gasteiger partial charge is 0.381 e. The van der Waals surface area contributed by atoms with Crippen molar-refractivity contribution >= 4 is 21.8 Å². The fourth-order valence-electron chi connectivity index (χ4n) is 2.40. The maximum Gasteiger partial charge on any atom is 0.273 e. The predicted molar refractivity (Wildman–Crippen MR) is 75.8 cm³/mol. The van der Waals surface area contributed by atoms with Gasteiger partial charge in [-0.15, -0.1) is 0 Å². The summed E-state index contributed by atoms with van der Waals surface area (Å²) in [4.78, 5) is 18.5. The second-order valence-electron chi connectivity index (χ2n) is 4.60. The van der Waals surface area contributed by atoms with E-state index in [2.05, 4.69) is 20.9 Å². The summed E-state index contributed by atoms with van der Waals surface area (Å²) in [7, 11) is 1.70. The standard InChI is InChI=1S/C13H18BrN3O2/c1-19-10-4-6-17(9(7-10)8-15)13(18)12-11(14)3-2-5-16-12/h2-3,5,9-10H,4,6-8,15H2,1H3. The molecule has 0 aromatic carbocycles. The van der Waals surface area contributed by atoms with Crippen molar-refractivity contribution in [1.82, 2.24) is 9.88 Å². The summed E-state index contributed by atoms with van der Waals surface area (Å²) in [6.45, 7) is 1.10. The molecule has 19 heavy (non-hydrogen) atoms. The number of rotatable bonds is 3. The van der Waals surface area contributed by atoms with Gasteiger partial charge in [0.1, 0.15) is 5.69 Å². The summed E-state index contributed by atoms with van der Waals surface area (Å²) in [6, 6.07) is 3.62. The van der Waals surface area contributed by atoms with Crippen LogP contribution in [0.2, 0.25) is 0 Å². The number of carbonyl (C=O) groups excluding carboxylic acids is 1. The molecule has 0 bridgehead atoms. The third-order valence-electron chi connectivity index (χ3n) is 3.50. The first-order valence-electron chi connectivity index (χ1n) is 6.31. The number of methoxy groups -OCH3 is 1. The highest BCUT2D eigenvalue weighted by molar-refractivity contribution is 9.10. The van der Waals surface area contributed by atoms with Gasteiger partial charge in [-0.25, -0.2) is 4.98 Å². The number of nitrogens with zero attached hydrogens (tertiary/aromatic N) is 2. The van der Waals surface area contributed by atoms with Crippen molar-refractivity contribution in [3.8, 4) is 0 Å². The Kier molecular flexibility index (Phi) is 4.90. The van der Waals surface area contributed by atoms with E-state index < -0.39 is 0 Å². The van der Waals surface area contributed by atoms with Gasteiger partial charge in [-0.2, -0.15) is 0 Å². The minimum atomic E-state index is -0.0718. The SMILES string of the molecule is COC1CCN(C(=O)c2ncccc2Br)C(CN)C1. The third kappa shape index (κ3) is 3.13. The Bertz CT molecular complexity index is 455. The van der Waals surface area contributed by atoms with Crippen molar-refractivity contribution < 1.29 is 9.53 Å². The van der Waals surface area contributed by atoms with Gasteiger partial charge in [0, 0.05) is 36.9 Å². The van der Waals surface area contributed by atoms with Crippen LogP contribution in [0.25, 0.3) is 0 Å². The molecule has 2 atom stereocenters. The van der Waals surface area contributed by atoms with Crippen LogP contribution in [-0.4, -0.2) is 48.1 Å². The molecule has 1 aliphatic heterocycles. The molecule has 0 radical (unpaired) electrons. The van der Waals surface area contributed by atoms with Crippen molar-refractivity contribution in [1.29, 1.82) is 0 Å². The van der Waals surface area contributed by atoms with Crippen LogP contribution in [0, 0.1) is 0 Å². The molecule has 0 spiro atoms. The second-order valence-corrected chi connectivity index (χ2v) is 5.46. The Morgan fingerprint density at radius 2 is 2.47 bits per heavy atom. The molecule has 2 heterocycles. The number of piperidine rings is 1. The molecule has 2 unspecified atom stereocenters. The van der Waals surface area contributed by atoms with Gasteiger partial charge in [0.15, 0.2) is 0 Å². The van der Waals surface area contributed by atoms with E-state index >= 15 is 0 Å². The van der Waals surface area contributed by atoms with Crippen LogP contribution in [0.3, 0.4) is 0 Å². The van der Waals surface area contributed by atoms with Crippen LogP contribution >= 0.6 is 15.9 Å². The van der Waals surface area contributed by atoms with Gasteiger partial charge in [-0.05, 0) is 40.9 Å². The Labute approximate surface area is 121 Å². The number of aromatic nitrogens is 1. The minimum absolute atomic E-state index is 0.0140. The van der Waals surface area contributed by atoms with E-state index in [9.17, 15) is 4.79 Å². The van der Waals surface area contributed by atoms with Crippen LogP contribution in [0.4, 0.5) is 0 Å². The van der Waals surface area contributed by atoms with Crippen molar-refractivity contribution in [3.63, 3.8) is 0 Å². The molecule has 1 aromatic heterocycles. The Balaban J connectivity index is 2.17. The Hall–Kier alpha value is -0.980. The molecule has 1 aliphatic rings. The fourth-order valence-corrected chi connectivity index (χ4v) is 2.82. The average molecular weight is 328 g/mol. The first kappa shape index (κ1) is 14.4. The summed E-state index contributed by atoms with van der Waals surface area (Å²) < 4.78 is 6.07. The van der Waals surface area contributed by atoms with E-state index in [0.29, 0.717) is 23.3 Å². The van der Waals surface area contributed by atoms with Gasteiger partial charge >= 0.3 is 0 Å². The lowest BCUT2D eigenvalue weighted by atomic mass is 9.99. The van der Waals surface area contributed by atoms with E-state index in [-0.39, 0.29) is 18.1 Å². The van der Waals surface area contributed by atoms with Crippen LogP contribution in [-0.2, 0) is 4.74 Å². The molecular weight excluding hydrogens is 310 g/mol. The zero-order valence-corrected chi connectivity index (χ0v) is 12.5. The lowest BCUT2D eigenvalue weighted by molar-refractivity contribution is 0.0135. The van der Waals surface area contributed by atoms with Crippen LogP contribution < -0.4 is 5.73 Å². The number of hydrogen-bond acceptors (Lipinski definition) is 4. The Morgan fingerprint density at radius 1 is 1.68 bits per heavy atom. The van der Waals surface area contributed by atoms with E-state index in [0.717, 1.165) is 12.8 Å². The fraction of sp³-hybridized carbons (Fsp3) is 0.538. The number of amides is 1. The number of nitrogens with two attached hydrogens (primary N) is 1. The number of pyridine rings is 1. The van der Waals surface area contributed by atoms with Gasteiger partial charge in [-0.1, -0.05) is 0 Å². The molecule has 2 N–H and O–H groups in total. The molecule has 0 saturated carbocycles. The summed E-state index contributed by atoms with van der Waals surface area (Å²) in [5, 5.41) is 0. The van der Waals surface area contributed by atoms with E-state index in [4.69, 9.17) is 10.5 Å². The van der Waals surface area contributed by atoms with E-state index in [1.807, 2.05) is 11.0 Å². The summed E-state index contributed by atoms with van der Waals surface area (Å²) in [5.41, 5.74) is 6.22. The smallest absolute Gasteiger partial charge is 0.273 e. The third-order valence-corrected chi connectivity index (χ3v) is 4.13. The topological polar surface area (TPSA) is 68.5 Å². The minimum Gasteiger partial charge on any atom is -0.381 e. The molecule has 2 rings (SSSR count). The quantitative estimate of drug-likeness (QED) is 0.911. The highest BCUT2D eigenvalue weighted by atomic mass is 79.9. The maximum absolute atomic E-state index is 12.5. The van der Waals surface area contributed by atoms with Gasteiger partial charge in [-0.3, -0.25) is 4.79 Å². The van der Waals surface area contributed by atoms with Gasteiger partial charge in [0.05, 0.1) is 6.10 Å². The maximum atomic E-state index is 12.5. The number of likely N-dealkylation sites (tertiary alicyclic amines) is 1. The van der Waals surface area contributed by atoms with Gasteiger partial charge in [0.25, 0.3) is 5.91 Å².